The van der Waals surface area contributed by atoms with Crippen molar-refractivity contribution in [1.82, 2.24) is 0 Å². The van der Waals surface area contributed by atoms with Gasteiger partial charge < -0.3 is 5.11 Å². The largest absolute Gasteiger partial charge is 0.481 e. The number of hydrogen-bond donors (Lipinski definition) is 1. The van der Waals surface area contributed by atoms with Gasteiger partial charge in [-0.3, -0.25) is 4.79 Å². The van der Waals surface area contributed by atoms with Crippen LogP contribution in [0.15, 0.2) is 0 Å². The van der Waals surface area contributed by atoms with Crippen LogP contribution in [0.25, 0.3) is 0 Å². The van der Waals surface area contributed by atoms with Gasteiger partial charge in [-0.25, -0.2) is 0 Å². The summed E-state index contributed by atoms with van der Waals surface area (Å²) in [6.07, 6.45) is 1.28. The summed E-state index contributed by atoms with van der Waals surface area (Å²) in [6.45, 7) is 6.17. The van der Waals surface area contributed by atoms with Crippen molar-refractivity contribution in [3.05, 3.63) is 0 Å². The summed E-state index contributed by atoms with van der Waals surface area (Å²) in [4.78, 5) is 10.3. The maximum atomic E-state index is 10.3. The molecule has 0 radical (unpaired) electrons. The van der Waals surface area contributed by atoms with Gasteiger partial charge in [0.15, 0.2) is 0 Å². The van der Waals surface area contributed by atoms with Crippen LogP contribution in [0.5, 0.6) is 0 Å². The van der Waals surface area contributed by atoms with Crippen molar-refractivity contribution in [3.8, 4) is 0 Å². The van der Waals surface area contributed by atoms with Crippen molar-refractivity contribution in [2.24, 2.45) is 11.8 Å². The molecule has 0 aromatic carbocycles. The molecule has 0 heterocycles. The SMILES string of the molecule is CCC(CC(=O)O)C(C)C. The van der Waals surface area contributed by atoms with E-state index in [1.54, 1.807) is 0 Å². The highest BCUT2D eigenvalue weighted by molar-refractivity contribution is 5.67. The van der Waals surface area contributed by atoms with E-state index in [2.05, 4.69) is 13.8 Å². The molecule has 60 valence electrons. The molecule has 10 heavy (non-hydrogen) atoms. The van der Waals surface area contributed by atoms with Crippen LogP contribution >= 0.6 is 0 Å². The third-order valence-electron chi connectivity index (χ3n) is 1.90. The molecule has 0 aliphatic carbocycles. The summed E-state index contributed by atoms with van der Waals surface area (Å²) in [6, 6.07) is 0. The van der Waals surface area contributed by atoms with E-state index in [1.165, 1.54) is 0 Å². The van der Waals surface area contributed by atoms with Crippen LogP contribution in [0.3, 0.4) is 0 Å². The van der Waals surface area contributed by atoms with Gasteiger partial charge in [0, 0.05) is 6.42 Å². The van der Waals surface area contributed by atoms with Crippen molar-refractivity contribution < 1.29 is 9.90 Å². The van der Waals surface area contributed by atoms with E-state index >= 15 is 0 Å². The molecule has 0 aliphatic rings. The smallest absolute Gasteiger partial charge is 0.303 e. The highest BCUT2D eigenvalue weighted by Gasteiger charge is 2.13. The lowest BCUT2D eigenvalue weighted by atomic mass is 9.90. The van der Waals surface area contributed by atoms with Crippen LogP contribution in [0.1, 0.15) is 33.6 Å². The molecule has 0 spiro atoms. The van der Waals surface area contributed by atoms with Crippen molar-refractivity contribution in [2.75, 3.05) is 0 Å². The van der Waals surface area contributed by atoms with Gasteiger partial charge in [0.2, 0.25) is 0 Å². The molecular weight excluding hydrogens is 128 g/mol. The average Bonchev–Trinajstić information content (AvgIpc) is 1.81. The van der Waals surface area contributed by atoms with Gasteiger partial charge in [0.1, 0.15) is 0 Å². The summed E-state index contributed by atoms with van der Waals surface area (Å²) in [5, 5.41) is 8.46. The first-order valence-corrected chi connectivity index (χ1v) is 3.79. The molecule has 0 amide bonds. The topological polar surface area (TPSA) is 37.3 Å². The Morgan fingerprint density at radius 3 is 2.10 bits per heavy atom. The van der Waals surface area contributed by atoms with E-state index in [4.69, 9.17) is 5.11 Å². The Morgan fingerprint density at radius 1 is 1.50 bits per heavy atom. The first-order chi connectivity index (χ1) is 4.57. The van der Waals surface area contributed by atoms with E-state index in [1.807, 2.05) is 6.92 Å². The number of rotatable bonds is 4. The molecule has 1 N–H and O–H groups in total. The Balaban J connectivity index is 3.71. The van der Waals surface area contributed by atoms with Crippen molar-refractivity contribution in [3.63, 3.8) is 0 Å². The predicted molar refractivity (Wildman–Crippen MR) is 40.9 cm³/mol. The van der Waals surface area contributed by atoms with Crippen LogP contribution in [-0.4, -0.2) is 11.1 Å². The van der Waals surface area contributed by atoms with Gasteiger partial charge in [-0.05, 0) is 11.8 Å². The number of hydrogen-bond acceptors (Lipinski definition) is 1. The minimum absolute atomic E-state index is 0.314. The molecular formula is C8H16O2. The second kappa shape index (κ2) is 4.31. The Morgan fingerprint density at radius 2 is 2.00 bits per heavy atom. The Labute approximate surface area is 62.2 Å². The zero-order chi connectivity index (χ0) is 8.15. The monoisotopic (exact) mass is 144 g/mol. The second-order valence-electron chi connectivity index (χ2n) is 3.01. The van der Waals surface area contributed by atoms with Crippen LogP contribution in [0.2, 0.25) is 0 Å². The minimum Gasteiger partial charge on any atom is -0.481 e. The van der Waals surface area contributed by atoms with Gasteiger partial charge in [0.05, 0.1) is 0 Å². The van der Waals surface area contributed by atoms with Gasteiger partial charge in [-0.2, -0.15) is 0 Å². The summed E-state index contributed by atoms with van der Waals surface area (Å²) < 4.78 is 0. The van der Waals surface area contributed by atoms with Crippen LogP contribution in [-0.2, 0) is 4.79 Å². The average molecular weight is 144 g/mol. The highest BCUT2D eigenvalue weighted by atomic mass is 16.4. The molecule has 0 aliphatic heterocycles. The molecule has 0 rings (SSSR count). The third kappa shape index (κ3) is 3.49. The molecule has 0 aromatic rings. The van der Waals surface area contributed by atoms with Crippen LogP contribution in [0, 0.1) is 11.8 Å². The lowest BCUT2D eigenvalue weighted by Gasteiger charge is -2.15. The van der Waals surface area contributed by atoms with Gasteiger partial charge in [0.25, 0.3) is 0 Å². The predicted octanol–water partition coefficient (Wildman–Crippen LogP) is 2.14. The zero-order valence-electron chi connectivity index (χ0n) is 6.92. The Bertz CT molecular complexity index is 108. The second-order valence-corrected chi connectivity index (χ2v) is 3.01. The minimum atomic E-state index is -0.680. The zero-order valence-corrected chi connectivity index (χ0v) is 6.92. The van der Waals surface area contributed by atoms with Gasteiger partial charge >= 0.3 is 5.97 Å². The maximum Gasteiger partial charge on any atom is 0.303 e. The summed E-state index contributed by atoms with van der Waals surface area (Å²) in [5.74, 6) is 0.152. The molecule has 1 atom stereocenters. The lowest BCUT2D eigenvalue weighted by molar-refractivity contribution is -0.138. The standard InChI is InChI=1S/C8H16O2/c1-4-7(6(2)3)5-8(9)10/h6-7H,4-5H2,1-3H3,(H,9,10). The first-order valence-electron chi connectivity index (χ1n) is 3.79. The Hall–Kier alpha value is -0.530. The van der Waals surface area contributed by atoms with Gasteiger partial charge in [-0.15, -0.1) is 0 Å². The Kier molecular flexibility index (Phi) is 4.08. The number of aliphatic carboxylic acids is 1. The molecule has 2 nitrogen and oxygen atoms in total. The van der Waals surface area contributed by atoms with E-state index in [-0.39, 0.29) is 0 Å². The molecule has 1 unspecified atom stereocenters. The van der Waals surface area contributed by atoms with Crippen molar-refractivity contribution >= 4 is 5.97 Å². The summed E-state index contributed by atoms with van der Waals surface area (Å²) in [5.41, 5.74) is 0. The van der Waals surface area contributed by atoms with E-state index in [9.17, 15) is 4.79 Å². The molecule has 0 aromatic heterocycles. The summed E-state index contributed by atoms with van der Waals surface area (Å²) in [7, 11) is 0. The highest BCUT2D eigenvalue weighted by Crippen LogP contribution is 2.18. The normalized spacial score (nSPS) is 13.6. The molecule has 0 bridgehead atoms. The van der Waals surface area contributed by atoms with Crippen LogP contribution < -0.4 is 0 Å². The van der Waals surface area contributed by atoms with E-state index in [0.717, 1.165) is 6.42 Å². The third-order valence-corrected chi connectivity index (χ3v) is 1.90. The number of carbonyl (C=O) groups is 1. The molecule has 0 saturated heterocycles. The molecule has 2 heteroatoms. The number of carboxylic acid groups (broad SMARTS) is 1. The maximum absolute atomic E-state index is 10.3. The van der Waals surface area contributed by atoms with Crippen molar-refractivity contribution in [1.29, 1.82) is 0 Å². The quantitative estimate of drug-likeness (QED) is 0.656. The van der Waals surface area contributed by atoms with E-state index < -0.39 is 5.97 Å². The first kappa shape index (κ1) is 9.47. The fourth-order valence-electron chi connectivity index (χ4n) is 1.08. The molecule has 0 fully saturated rings. The van der Waals surface area contributed by atoms with Crippen molar-refractivity contribution in [2.45, 2.75) is 33.6 Å². The fourth-order valence-corrected chi connectivity index (χ4v) is 1.08. The molecule has 0 saturated carbocycles. The fraction of sp³-hybridized carbons (Fsp3) is 0.875. The van der Waals surface area contributed by atoms with E-state index in [0.29, 0.717) is 18.3 Å². The lowest BCUT2D eigenvalue weighted by Crippen LogP contribution is -2.12. The number of carboxylic acids is 1. The summed E-state index contributed by atoms with van der Waals surface area (Å²) >= 11 is 0. The van der Waals surface area contributed by atoms with Gasteiger partial charge in [-0.1, -0.05) is 27.2 Å². The van der Waals surface area contributed by atoms with Crippen LogP contribution in [0.4, 0.5) is 0 Å².